The SMILES string of the molecule is CCCCCCCCCCCCCCCCCCOC(=S)CCCc1ccccc1. The predicted molar refractivity (Wildman–Crippen MR) is 137 cm³/mol. The van der Waals surface area contributed by atoms with Crippen molar-refractivity contribution < 1.29 is 4.74 Å². The highest BCUT2D eigenvalue weighted by atomic mass is 32.1. The molecule has 0 fully saturated rings. The van der Waals surface area contributed by atoms with Crippen LogP contribution in [0.2, 0.25) is 0 Å². The lowest BCUT2D eigenvalue weighted by Crippen LogP contribution is -2.04. The van der Waals surface area contributed by atoms with Crippen LogP contribution in [0.15, 0.2) is 30.3 Å². The van der Waals surface area contributed by atoms with E-state index < -0.39 is 0 Å². The fourth-order valence-corrected chi connectivity index (χ4v) is 4.22. The summed E-state index contributed by atoms with van der Waals surface area (Å²) in [4.78, 5) is 0. The van der Waals surface area contributed by atoms with E-state index in [9.17, 15) is 0 Å². The lowest BCUT2D eigenvalue weighted by Gasteiger charge is -2.08. The second-order valence-corrected chi connectivity index (χ2v) is 9.32. The summed E-state index contributed by atoms with van der Waals surface area (Å²) in [5.74, 6) is 0. The molecule has 2 heteroatoms. The van der Waals surface area contributed by atoms with E-state index in [1.807, 2.05) is 0 Å². The van der Waals surface area contributed by atoms with Gasteiger partial charge >= 0.3 is 0 Å². The van der Waals surface area contributed by atoms with Crippen molar-refractivity contribution in [3.8, 4) is 0 Å². The lowest BCUT2D eigenvalue weighted by atomic mass is 10.0. The van der Waals surface area contributed by atoms with Crippen molar-refractivity contribution >= 4 is 17.3 Å². The van der Waals surface area contributed by atoms with Crippen LogP contribution in [-0.4, -0.2) is 11.7 Å². The average molecular weight is 433 g/mol. The van der Waals surface area contributed by atoms with Crippen LogP contribution in [0.3, 0.4) is 0 Å². The van der Waals surface area contributed by atoms with E-state index in [-0.39, 0.29) is 0 Å². The van der Waals surface area contributed by atoms with Crippen LogP contribution in [0.25, 0.3) is 0 Å². The highest BCUT2D eigenvalue weighted by molar-refractivity contribution is 7.80. The van der Waals surface area contributed by atoms with Crippen LogP contribution < -0.4 is 0 Å². The number of ether oxygens (including phenoxy) is 1. The van der Waals surface area contributed by atoms with Gasteiger partial charge in [-0.15, -0.1) is 0 Å². The molecule has 0 aromatic heterocycles. The Labute approximate surface area is 193 Å². The van der Waals surface area contributed by atoms with E-state index in [2.05, 4.69) is 37.3 Å². The molecular weight excluding hydrogens is 384 g/mol. The maximum absolute atomic E-state index is 5.73. The Balaban J connectivity index is 1.73. The van der Waals surface area contributed by atoms with Gasteiger partial charge in [-0.3, -0.25) is 0 Å². The molecule has 0 aliphatic rings. The first-order valence-corrected chi connectivity index (χ1v) is 13.4. The second-order valence-electron chi connectivity index (χ2n) is 8.86. The maximum Gasteiger partial charge on any atom is 0.159 e. The molecule has 30 heavy (non-hydrogen) atoms. The highest BCUT2D eigenvalue weighted by Crippen LogP contribution is 2.14. The van der Waals surface area contributed by atoms with Crippen molar-refractivity contribution in [1.82, 2.24) is 0 Å². The molecule has 0 N–H and O–H groups in total. The first kappa shape index (κ1) is 27.1. The molecule has 0 aliphatic heterocycles. The van der Waals surface area contributed by atoms with Gasteiger partial charge in [0.1, 0.15) is 0 Å². The van der Waals surface area contributed by atoms with E-state index in [0.717, 1.165) is 37.3 Å². The van der Waals surface area contributed by atoms with E-state index in [1.54, 1.807) is 0 Å². The van der Waals surface area contributed by atoms with Crippen LogP contribution in [-0.2, 0) is 11.2 Å². The van der Waals surface area contributed by atoms with Gasteiger partial charge in [0.25, 0.3) is 0 Å². The molecule has 0 amide bonds. The number of hydrogen-bond acceptors (Lipinski definition) is 2. The van der Waals surface area contributed by atoms with E-state index >= 15 is 0 Å². The third-order valence-electron chi connectivity index (χ3n) is 5.95. The third-order valence-corrected chi connectivity index (χ3v) is 6.27. The predicted octanol–water partition coefficient (Wildman–Crippen LogP) is 9.61. The molecule has 0 radical (unpaired) electrons. The van der Waals surface area contributed by atoms with Gasteiger partial charge in [-0.1, -0.05) is 134 Å². The van der Waals surface area contributed by atoms with Gasteiger partial charge in [0.15, 0.2) is 5.05 Å². The quantitative estimate of drug-likeness (QED) is 0.141. The summed E-state index contributed by atoms with van der Waals surface area (Å²) in [6.07, 6.45) is 25.5. The Morgan fingerprint density at radius 2 is 1.10 bits per heavy atom. The van der Waals surface area contributed by atoms with Gasteiger partial charge < -0.3 is 4.74 Å². The topological polar surface area (TPSA) is 9.23 Å². The summed E-state index contributed by atoms with van der Waals surface area (Å²) in [6, 6.07) is 10.6. The molecule has 0 saturated carbocycles. The van der Waals surface area contributed by atoms with Gasteiger partial charge in [-0.2, -0.15) is 0 Å². The van der Waals surface area contributed by atoms with Gasteiger partial charge in [0.2, 0.25) is 0 Å². The molecule has 0 heterocycles. The monoisotopic (exact) mass is 432 g/mol. The number of rotatable bonds is 21. The zero-order valence-electron chi connectivity index (χ0n) is 19.8. The number of unbranched alkanes of at least 4 members (excludes halogenated alkanes) is 15. The molecule has 0 saturated heterocycles. The largest absolute Gasteiger partial charge is 0.487 e. The Kier molecular flexibility index (Phi) is 19.3. The Morgan fingerprint density at radius 3 is 1.60 bits per heavy atom. The minimum atomic E-state index is 0.798. The normalized spacial score (nSPS) is 11.0. The van der Waals surface area contributed by atoms with Gasteiger partial charge in [0, 0.05) is 6.42 Å². The maximum atomic E-state index is 5.73. The third kappa shape index (κ3) is 17.9. The lowest BCUT2D eigenvalue weighted by molar-refractivity contribution is 0.291. The zero-order chi connectivity index (χ0) is 21.5. The first-order chi connectivity index (χ1) is 14.8. The molecule has 0 bridgehead atoms. The molecule has 0 aliphatic carbocycles. The Bertz CT molecular complexity index is 485. The molecule has 1 aromatic carbocycles. The van der Waals surface area contributed by atoms with E-state index in [4.69, 9.17) is 17.0 Å². The van der Waals surface area contributed by atoms with E-state index in [1.165, 1.54) is 102 Å². The van der Waals surface area contributed by atoms with Gasteiger partial charge in [-0.25, -0.2) is 0 Å². The molecular formula is C28H48OS. The van der Waals surface area contributed by atoms with Crippen LogP contribution in [0.5, 0.6) is 0 Å². The van der Waals surface area contributed by atoms with Crippen LogP contribution in [0.1, 0.15) is 128 Å². The smallest absolute Gasteiger partial charge is 0.159 e. The van der Waals surface area contributed by atoms with Crippen LogP contribution in [0, 0.1) is 0 Å². The van der Waals surface area contributed by atoms with Crippen molar-refractivity contribution in [2.45, 2.75) is 129 Å². The molecule has 172 valence electrons. The summed E-state index contributed by atoms with van der Waals surface area (Å²) < 4.78 is 5.73. The fourth-order valence-electron chi connectivity index (χ4n) is 3.99. The highest BCUT2D eigenvalue weighted by Gasteiger charge is 2.00. The summed E-state index contributed by atoms with van der Waals surface area (Å²) in [5.41, 5.74) is 1.39. The Morgan fingerprint density at radius 1 is 0.633 bits per heavy atom. The number of thiocarbonyl (C=S) groups is 1. The van der Waals surface area contributed by atoms with Crippen LogP contribution >= 0.6 is 12.2 Å². The summed E-state index contributed by atoms with van der Waals surface area (Å²) >= 11 is 5.36. The summed E-state index contributed by atoms with van der Waals surface area (Å²) in [6.45, 7) is 3.10. The standard InChI is InChI=1S/C28H48OS/c1-2-3-4-5-6-7-8-9-10-11-12-13-14-15-16-20-26-29-28(30)25-21-24-27-22-18-17-19-23-27/h17-19,22-23H,2-16,20-21,24-26H2,1H3. The first-order valence-electron chi connectivity index (χ1n) is 13.0. The minimum Gasteiger partial charge on any atom is -0.487 e. The van der Waals surface area contributed by atoms with Crippen LogP contribution in [0.4, 0.5) is 0 Å². The molecule has 0 atom stereocenters. The molecule has 1 rings (SSSR count). The summed E-state index contributed by atoms with van der Waals surface area (Å²) in [7, 11) is 0. The fraction of sp³-hybridized carbons (Fsp3) is 0.750. The molecule has 1 nitrogen and oxygen atoms in total. The Hall–Kier alpha value is -0.890. The molecule has 0 spiro atoms. The summed E-state index contributed by atoms with van der Waals surface area (Å²) in [5, 5.41) is 0.798. The second kappa shape index (κ2) is 21.3. The molecule has 1 aromatic rings. The number of benzene rings is 1. The van der Waals surface area contributed by atoms with Gasteiger partial charge in [0.05, 0.1) is 6.61 Å². The zero-order valence-corrected chi connectivity index (χ0v) is 20.7. The van der Waals surface area contributed by atoms with E-state index in [0.29, 0.717) is 0 Å². The number of hydrogen-bond donors (Lipinski definition) is 0. The van der Waals surface area contributed by atoms with Crippen molar-refractivity contribution in [3.05, 3.63) is 35.9 Å². The van der Waals surface area contributed by atoms with Crippen molar-refractivity contribution in [2.24, 2.45) is 0 Å². The number of aryl methyl sites for hydroxylation is 1. The van der Waals surface area contributed by atoms with Crippen molar-refractivity contribution in [2.75, 3.05) is 6.61 Å². The minimum absolute atomic E-state index is 0.798. The van der Waals surface area contributed by atoms with Gasteiger partial charge in [-0.05, 0) is 37.0 Å². The van der Waals surface area contributed by atoms with Crippen molar-refractivity contribution in [1.29, 1.82) is 0 Å². The van der Waals surface area contributed by atoms with Crippen molar-refractivity contribution in [3.63, 3.8) is 0 Å². The molecule has 0 unspecified atom stereocenters. The average Bonchev–Trinajstić information content (AvgIpc) is 2.76.